The molecule has 1 aliphatic carbocycles. The summed E-state index contributed by atoms with van der Waals surface area (Å²) < 4.78 is 5.37. The maximum Gasteiger partial charge on any atom is 0.326 e. The van der Waals surface area contributed by atoms with E-state index in [0.717, 1.165) is 6.42 Å². The molecular weight excluding hydrogens is 250 g/mol. The number of nitrogens with zero attached hydrogens (tertiary/aromatic N) is 1. The van der Waals surface area contributed by atoms with Gasteiger partial charge in [0.15, 0.2) is 6.10 Å². The summed E-state index contributed by atoms with van der Waals surface area (Å²) in [6.07, 6.45) is 0.0569. The third kappa shape index (κ3) is 3.06. The summed E-state index contributed by atoms with van der Waals surface area (Å²) in [5, 5.41) is 19.0. The van der Waals surface area contributed by atoms with E-state index in [1.54, 1.807) is 0 Å². The Kier molecular flexibility index (Phi) is 3.57. The predicted molar refractivity (Wildman–Crippen MR) is 66.5 cm³/mol. The first-order valence-corrected chi connectivity index (χ1v) is 6.57. The number of carboxylic acid groups (broad SMARTS) is 1. The van der Waals surface area contributed by atoms with Crippen LogP contribution in [0.1, 0.15) is 33.6 Å². The number of hydrogen-bond acceptors (Lipinski definition) is 4. The van der Waals surface area contributed by atoms with Crippen molar-refractivity contribution in [2.24, 2.45) is 5.92 Å². The number of aliphatic hydroxyl groups is 1. The largest absolute Gasteiger partial charge is 0.480 e. The Hall–Kier alpha value is -1.14. The lowest BCUT2D eigenvalue weighted by Gasteiger charge is -2.28. The number of carboxylic acids is 1. The molecule has 19 heavy (non-hydrogen) atoms. The molecule has 0 aromatic rings. The molecule has 1 saturated carbocycles. The summed E-state index contributed by atoms with van der Waals surface area (Å²) in [4.78, 5) is 24.6. The highest BCUT2D eigenvalue weighted by molar-refractivity contribution is 5.88. The molecule has 1 heterocycles. The number of amides is 1. The van der Waals surface area contributed by atoms with Gasteiger partial charge in [0.05, 0.1) is 12.2 Å². The number of rotatable bonds is 4. The number of carbonyl (C=O) groups is 2. The first-order chi connectivity index (χ1) is 8.70. The highest BCUT2D eigenvalue weighted by atomic mass is 16.5. The van der Waals surface area contributed by atoms with Crippen molar-refractivity contribution in [1.82, 2.24) is 4.90 Å². The Bertz CT molecular complexity index is 389. The van der Waals surface area contributed by atoms with E-state index in [1.807, 2.05) is 20.8 Å². The Labute approximate surface area is 112 Å². The second-order valence-electron chi connectivity index (χ2n) is 6.34. The molecule has 108 valence electrons. The maximum absolute atomic E-state index is 12.1. The molecule has 0 radical (unpaired) electrons. The van der Waals surface area contributed by atoms with E-state index >= 15 is 0 Å². The minimum Gasteiger partial charge on any atom is -0.480 e. The SMILES string of the molecule is CC(C)(C)OC[C@@H](O)C(=O)N1[C@@H]2C[C@@H]2C[C@H]1C(=O)O. The van der Waals surface area contributed by atoms with Crippen LogP contribution in [0.4, 0.5) is 0 Å². The van der Waals surface area contributed by atoms with E-state index in [2.05, 4.69) is 0 Å². The molecule has 2 rings (SSSR count). The van der Waals surface area contributed by atoms with E-state index in [9.17, 15) is 14.7 Å². The fourth-order valence-electron chi connectivity index (χ4n) is 2.57. The molecule has 1 saturated heterocycles. The molecule has 0 bridgehead atoms. The van der Waals surface area contributed by atoms with Crippen molar-refractivity contribution < 1.29 is 24.5 Å². The lowest BCUT2D eigenvalue weighted by molar-refractivity contribution is -0.156. The number of piperidine rings is 1. The predicted octanol–water partition coefficient (Wildman–Crippen LogP) is 0.236. The number of fused-ring (bicyclic) bond motifs is 1. The van der Waals surface area contributed by atoms with E-state index in [4.69, 9.17) is 9.84 Å². The molecule has 0 unspecified atom stereocenters. The molecule has 1 aliphatic heterocycles. The van der Waals surface area contributed by atoms with Gasteiger partial charge < -0.3 is 19.8 Å². The summed E-state index contributed by atoms with van der Waals surface area (Å²) >= 11 is 0. The van der Waals surface area contributed by atoms with Gasteiger partial charge in [-0.3, -0.25) is 4.79 Å². The zero-order chi connectivity index (χ0) is 14.4. The van der Waals surface area contributed by atoms with Gasteiger partial charge in [-0.1, -0.05) is 0 Å². The van der Waals surface area contributed by atoms with Crippen LogP contribution in [0, 0.1) is 5.92 Å². The Morgan fingerprint density at radius 2 is 2.00 bits per heavy atom. The van der Waals surface area contributed by atoms with E-state index in [-0.39, 0.29) is 12.6 Å². The molecule has 0 aromatic heterocycles. The fourth-order valence-corrected chi connectivity index (χ4v) is 2.57. The topological polar surface area (TPSA) is 87.1 Å². The second-order valence-corrected chi connectivity index (χ2v) is 6.34. The number of carbonyl (C=O) groups excluding carboxylic acids is 1. The monoisotopic (exact) mass is 271 g/mol. The van der Waals surface area contributed by atoms with Gasteiger partial charge in [-0.05, 0) is 39.5 Å². The Morgan fingerprint density at radius 3 is 2.53 bits per heavy atom. The van der Waals surface area contributed by atoms with Crippen molar-refractivity contribution in [3.05, 3.63) is 0 Å². The standard InChI is InChI=1S/C13H21NO5/c1-13(2,3)19-6-10(15)11(16)14-8-4-7(8)5-9(14)12(17)18/h7-10,15H,4-6H2,1-3H3,(H,17,18)/t7-,8-,9+,10-/m1/s1. The number of aliphatic carboxylic acids is 1. The molecule has 4 atom stereocenters. The van der Waals surface area contributed by atoms with Gasteiger partial charge in [0.2, 0.25) is 0 Å². The van der Waals surface area contributed by atoms with Crippen LogP contribution in [0.3, 0.4) is 0 Å². The third-order valence-corrected chi connectivity index (χ3v) is 3.60. The smallest absolute Gasteiger partial charge is 0.326 e. The average Bonchev–Trinajstić information content (AvgIpc) is 2.95. The van der Waals surface area contributed by atoms with Crippen molar-refractivity contribution in [2.75, 3.05) is 6.61 Å². The van der Waals surface area contributed by atoms with E-state index < -0.39 is 29.6 Å². The summed E-state index contributed by atoms with van der Waals surface area (Å²) in [5.41, 5.74) is -0.444. The first kappa shape index (κ1) is 14.3. The van der Waals surface area contributed by atoms with Crippen LogP contribution in [0.15, 0.2) is 0 Å². The molecule has 6 heteroatoms. The second kappa shape index (κ2) is 4.76. The molecule has 2 aliphatic rings. The van der Waals surface area contributed by atoms with Crippen LogP contribution in [-0.4, -0.2) is 57.4 Å². The van der Waals surface area contributed by atoms with Crippen LogP contribution in [-0.2, 0) is 14.3 Å². The van der Waals surface area contributed by atoms with Crippen molar-refractivity contribution in [2.45, 2.75) is 57.4 Å². The number of hydrogen-bond donors (Lipinski definition) is 2. The van der Waals surface area contributed by atoms with Crippen LogP contribution in [0.25, 0.3) is 0 Å². The minimum atomic E-state index is -1.29. The zero-order valence-electron chi connectivity index (χ0n) is 11.5. The summed E-state index contributed by atoms with van der Waals surface area (Å²) in [5.74, 6) is -1.23. The number of ether oxygens (including phenoxy) is 1. The zero-order valence-corrected chi connectivity index (χ0v) is 11.5. The average molecular weight is 271 g/mol. The van der Waals surface area contributed by atoms with E-state index in [1.165, 1.54) is 4.90 Å². The van der Waals surface area contributed by atoms with Gasteiger partial charge in [0.25, 0.3) is 5.91 Å². The number of likely N-dealkylation sites (tertiary alicyclic amines) is 1. The molecule has 2 fully saturated rings. The molecule has 1 amide bonds. The summed E-state index contributed by atoms with van der Waals surface area (Å²) in [7, 11) is 0. The van der Waals surface area contributed by atoms with Gasteiger partial charge in [0, 0.05) is 6.04 Å². The Morgan fingerprint density at radius 1 is 1.37 bits per heavy atom. The van der Waals surface area contributed by atoms with Gasteiger partial charge in [-0.2, -0.15) is 0 Å². The van der Waals surface area contributed by atoms with E-state index in [0.29, 0.717) is 12.3 Å². The molecule has 0 spiro atoms. The Balaban J connectivity index is 1.96. The highest BCUT2D eigenvalue weighted by Gasteiger charge is 2.56. The number of aliphatic hydroxyl groups excluding tert-OH is 1. The normalized spacial score (nSPS) is 30.9. The van der Waals surface area contributed by atoms with Crippen molar-refractivity contribution in [3.8, 4) is 0 Å². The lowest BCUT2D eigenvalue weighted by Crippen LogP contribution is -2.49. The molecule has 6 nitrogen and oxygen atoms in total. The van der Waals surface area contributed by atoms with Gasteiger partial charge in [-0.15, -0.1) is 0 Å². The van der Waals surface area contributed by atoms with Gasteiger partial charge >= 0.3 is 5.97 Å². The van der Waals surface area contributed by atoms with Crippen LogP contribution in [0.5, 0.6) is 0 Å². The van der Waals surface area contributed by atoms with Gasteiger partial charge in [0.1, 0.15) is 6.04 Å². The highest BCUT2D eigenvalue weighted by Crippen LogP contribution is 2.48. The third-order valence-electron chi connectivity index (χ3n) is 3.60. The van der Waals surface area contributed by atoms with Crippen molar-refractivity contribution >= 4 is 11.9 Å². The van der Waals surface area contributed by atoms with Crippen molar-refractivity contribution in [1.29, 1.82) is 0 Å². The first-order valence-electron chi connectivity index (χ1n) is 6.57. The minimum absolute atomic E-state index is 0.00196. The summed E-state index contributed by atoms with van der Waals surface area (Å²) in [6, 6.07) is -0.793. The molecule has 2 N–H and O–H groups in total. The lowest BCUT2D eigenvalue weighted by atomic mass is 10.1. The van der Waals surface area contributed by atoms with Crippen molar-refractivity contribution in [3.63, 3.8) is 0 Å². The van der Waals surface area contributed by atoms with Gasteiger partial charge in [-0.25, -0.2) is 4.79 Å². The van der Waals surface area contributed by atoms with Crippen LogP contribution >= 0.6 is 0 Å². The molecule has 0 aromatic carbocycles. The van der Waals surface area contributed by atoms with Crippen LogP contribution in [0.2, 0.25) is 0 Å². The molecular formula is C13H21NO5. The fraction of sp³-hybridized carbons (Fsp3) is 0.846. The summed E-state index contributed by atoms with van der Waals surface area (Å²) in [6.45, 7) is 5.38. The van der Waals surface area contributed by atoms with Crippen LogP contribution < -0.4 is 0 Å². The quantitative estimate of drug-likeness (QED) is 0.764. The maximum atomic E-state index is 12.1.